The number of rotatable bonds is 6. The van der Waals surface area contributed by atoms with E-state index in [4.69, 9.17) is 26.8 Å². The molecule has 7 nitrogen and oxygen atoms in total. The number of para-hydroxylation sites is 1. The van der Waals surface area contributed by atoms with Crippen LogP contribution in [0.25, 0.3) is 0 Å². The number of nitrogens with one attached hydrogen (secondary N) is 2. The van der Waals surface area contributed by atoms with Gasteiger partial charge >= 0.3 is 5.97 Å². The Bertz CT molecular complexity index is 808. The van der Waals surface area contributed by atoms with Gasteiger partial charge in [0.15, 0.2) is 5.11 Å². The molecule has 0 bridgehead atoms. The van der Waals surface area contributed by atoms with Crippen molar-refractivity contribution in [3.63, 3.8) is 0 Å². The number of anilines is 1. The summed E-state index contributed by atoms with van der Waals surface area (Å²) in [5.74, 6) is 0.101. The molecular weight excluding hydrogens is 342 g/mol. The van der Waals surface area contributed by atoms with Crippen LogP contribution in [-0.4, -0.2) is 36.6 Å². The van der Waals surface area contributed by atoms with Crippen molar-refractivity contribution in [3.8, 4) is 11.5 Å². The predicted octanol–water partition coefficient (Wildman–Crippen LogP) is 2.72. The van der Waals surface area contributed by atoms with E-state index in [1.165, 1.54) is 19.2 Å². The molecule has 3 N–H and O–H groups in total. The quantitative estimate of drug-likeness (QED) is 0.415. The van der Waals surface area contributed by atoms with Gasteiger partial charge < -0.3 is 19.9 Å². The van der Waals surface area contributed by atoms with Crippen LogP contribution >= 0.6 is 12.2 Å². The van der Waals surface area contributed by atoms with Crippen molar-refractivity contribution in [2.75, 3.05) is 19.5 Å². The van der Waals surface area contributed by atoms with E-state index in [-0.39, 0.29) is 10.7 Å². The largest absolute Gasteiger partial charge is 0.496 e. The van der Waals surface area contributed by atoms with Gasteiger partial charge in [-0.3, -0.25) is 5.43 Å². The fourth-order valence-corrected chi connectivity index (χ4v) is 2.19. The number of nitrogens with zero attached hydrogens (tertiary/aromatic N) is 1. The summed E-state index contributed by atoms with van der Waals surface area (Å²) in [7, 11) is 3.06. The number of thiocarbonyl (C=S) groups is 1. The Kier molecular flexibility index (Phi) is 6.30. The fourth-order valence-electron chi connectivity index (χ4n) is 2.02. The first kappa shape index (κ1) is 18.2. The average Bonchev–Trinajstić information content (AvgIpc) is 2.62. The van der Waals surface area contributed by atoms with Crippen LogP contribution in [-0.2, 0) is 0 Å². The van der Waals surface area contributed by atoms with Gasteiger partial charge in [0.05, 0.1) is 31.7 Å². The van der Waals surface area contributed by atoms with Gasteiger partial charge in [0.2, 0.25) is 0 Å². The number of hydrazone groups is 1. The molecule has 0 atom stereocenters. The van der Waals surface area contributed by atoms with Crippen molar-refractivity contribution < 1.29 is 19.4 Å². The maximum Gasteiger partial charge on any atom is 0.335 e. The van der Waals surface area contributed by atoms with Crippen LogP contribution < -0.4 is 20.2 Å². The molecule has 2 rings (SSSR count). The van der Waals surface area contributed by atoms with E-state index in [1.54, 1.807) is 19.4 Å². The van der Waals surface area contributed by atoms with Crippen LogP contribution in [0.3, 0.4) is 0 Å². The zero-order chi connectivity index (χ0) is 18.2. The van der Waals surface area contributed by atoms with Gasteiger partial charge in [-0.05, 0) is 42.5 Å². The van der Waals surface area contributed by atoms with Gasteiger partial charge in [0.1, 0.15) is 11.5 Å². The van der Waals surface area contributed by atoms with Crippen molar-refractivity contribution in [1.82, 2.24) is 5.43 Å². The Morgan fingerprint density at radius 2 is 1.88 bits per heavy atom. The van der Waals surface area contributed by atoms with Gasteiger partial charge in [-0.2, -0.15) is 5.10 Å². The molecule has 0 radical (unpaired) electrons. The number of aromatic carboxylic acids is 1. The fraction of sp³-hybridized carbons (Fsp3) is 0.118. The molecular formula is C17H17N3O4S. The van der Waals surface area contributed by atoms with E-state index >= 15 is 0 Å². The Morgan fingerprint density at radius 3 is 2.56 bits per heavy atom. The molecule has 0 spiro atoms. The lowest BCUT2D eigenvalue weighted by atomic mass is 10.2. The van der Waals surface area contributed by atoms with Gasteiger partial charge in [-0.1, -0.05) is 12.1 Å². The highest BCUT2D eigenvalue weighted by Crippen LogP contribution is 2.25. The van der Waals surface area contributed by atoms with Crippen molar-refractivity contribution >= 4 is 35.2 Å². The molecule has 0 aliphatic carbocycles. The Morgan fingerprint density at radius 1 is 1.16 bits per heavy atom. The monoisotopic (exact) mass is 359 g/mol. The molecule has 0 aromatic heterocycles. The molecule has 8 heteroatoms. The van der Waals surface area contributed by atoms with Crippen LogP contribution in [0.5, 0.6) is 11.5 Å². The molecule has 0 amide bonds. The molecule has 25 heavy (non-hydrogen) atoms. The number of carboxylic acid groups (broad SMARTS) is 1. The number of benzene rings is 2. The molecule has 130 valence electrons. The summed E-state index contributed by atoms with van der Waals surface area (Å²) >= 11 is 5.16. The van der Waals surface area contributed by atoms with Crippen molar-refractivity contribution in [3.05, 3.63) is 53.6 Å². The Hall–Kier alpha value is -3.13. The van der Waals surface area contributed by atoms with Gasteiger partial charge in [-0.15, -0.1) is 0 Å². The highest BCUT2D eigenvalue weighted by atomic mass is 32.1. The second kappa shape index (κ2) is 8.65. The lowest BCUT2D eigenvalue weighted by Gasteiger charge is -2.12. The molecule has 2 aromatic rings. The molecule has 0 unspecified atom stereocenters. The first-order chi connectivity index (χ1) is 12.0. The number of carboxylic acids is 1. The molecule has 0 fully saturated rings. The number of carbonyl (C=O) groups is 1. The highest BCUT2D eigenvalue weighted by molar-refractivity contribution is 7.80. The third-order valence-electron chi connectivity index (χ3n) is 3.20. The SMILES string of the molecule is COc1ccccc1/C=N/NC(=S)Nc1cc(C(=O)O)ccc1OC. The van der Waals surface area contributed by atoms with Crippen molar-refractivity contribution in [1.29, 1.82) is 0 Å². The van der Waals surface area contributed by atoms with Gasteiger partial charge in [-0.25, -0.2) is 4.79 Å². The lowest BCUT2D eigenvalue weighted by Crippen LogP contribution is -2.24. The Balaban J connectivity index is 2.06. The summed E-state index contributed by atoms with van der Waals surface area (Å²) < 4.78 is 10.4. The van der Waals surface area contributed by atoms with Crippen molar-refractivity contribution in [2.45, 2.75) is 0 Å². The van der Waals surface area contributed by atoms with Crippen LogP contribution in [0.15, 0.2) is 47.6 Å². The van der Waals surface area contributed by atoms with Crippen LogP contribution in [0, 0.1) is 0 Å². The molecule has 0 saturated heterocycles. The van der Waals surface area contributed by atoms with E-state index in [0.717, 1.165) is 5.56 Å². The topological polar surface area (TPSA) is 92.2 Å². The summed E-state index contributed by atoms with van der Waals surface area (Å²) in [4.78, 5) is 11.1. The summed E-state index contributed by atoms with van der Waals surface area (Å²) in [5.41, 5.74) is 3.98. The Labute approximate surface area is 150 Å². The zero-order valence-corrected chi connectivity index (χ0v) is 14.5. The minimum atomic E-state index is -1.04. The first-order valence-electron chi connectivity index (χ1n) is 7.19. The summed E-state index contributed by atoms with van der Waals surface area (Å²) in [5, 5.41) is 16.2. The average molecular weight is 359 g/mol. The molecule has 2 aromatic carbocycles. The van der Waals surface area contributed by atoms with Crippen LogP contribution in [0.2, 0.25) is 0 Å². The zero-order valence-electron chi connectivity index (χ0n) is 13.6. The summed E-state index contributed by atoms with van der Waals surface area (Å²) in [6, 6.07) is 11.8. The molecule has 0 aliphatic rings. The smallest absolute Gasteiger partial charge is 0.335 e. The third-order valence-corrected chi connectivity index (χ3v) is 3.40. The minimum Gasteiger partial charge on any atom is -0.496 e. The number of hydrogen-bond donors (Lipinski definition) is 3. The van der Waals surface area contributed by atoms with E-state index in [9.17, 15) is 4.79 Å². The standard InChI is InChI=1S/C17H17N3O4S/c1-23-14-6-4-3-5-12(14)10-18-20-17(25)19-13-9-11(16(21)22)7-8-15(13)24-2/h3-10H,1-2H3,(H,21,22)(H2,19,20,25)/b18-10+. The van der Waals surface area contributed by atoms with E-state index < -0.39 is 5.97 Å². The van der Waals surface area contributed by atoms with Gasteiger partial charge in [0.25, 0.3) is 0 Å². The van der Waals surface area contributed by atoms with E-state index in [1.807, 2.05) is 24.3 Å². The second-order valence-corrected chi connectivity index (χ2v) is 5.19. The van der Waals surface area contributed by atoms with Crippen molar-refractivity contribution in [2.24, 2.45) is 5.10 Å². The van der Waals surface area contributed by atoms with E-state index in [2.05, 4.69) is 15.8 Å². The highest BCUT2D eigenvalue weighted by Gasteiger charge is 2.10. The van der Waals surface area contributed by atoms with E-state index in [0.29, 0.717) is 17.2 Å². The van der Waals surface area contributed by atoms with Gasteiger partial charge in [0, 0.05) is 5.56 Å². The number of hydrogen-bond acceptors (Lipinski definition) is 5. The molecule has 0 saturated carbocycles. The maximum absolute atomic E-state index is 11.1. The molecule has 0 heterocycles. The van der Waals surface area contributed by atoms with Crippen LogP contribution in [0.4, 0.5) is 5.69 Å². The maximum atomic E-state index is 11.1. The summed E-state index contributed by atoms with van der Waals surface area (Å²) in [6.07, 6.45) is 1.57. The minimum absolute atomic E-state index is 0.114. The van der Waals surface area contributed by atoms with Crippen LogP contribution in [0.1, 0.15) is 15.9 Å². The second-order valence-electron chi connectivity index (χ2n) is 4.79. The lowest BCUT2D eigenvalue weighted by molar-refractivity contribution is 0.0697. The number of methoxy groups -OCH3 is 2. The number of ether oxygens (including phenoxy) is 2. The predicted molar refractivity (Wildman–Crippen MR) is 99.9 cm³/mol. The third kappa shape index (κ3) is 4.92. The summed E-state index contributed by atoms with van der Waals surface area (Å²) in [6.45, 7) is 0. The first-order valence-corrected chi connectivity index (χ1v) is 7.60. The molecule has 0 aliphatic heterocycles. The normalized spacial score (nSPS) is 10.3.